The summed E-state index contributed by atoms with van der Waals surface area (Å²) >= 11 is 0. The number of Topliss-reactive ketones (excluding diaryl/α,β-unsaturated/α-hetero) is 1. The number of methoxy groups -OCH3 is 1. The Morgan fingerprint density at radius 2 is 2.15 bits per heavy atom. The van der Waals surface area contributed by atoms with Crippen molar-refractivity contribution in [3.63, 3.8) is 0 Å². The average molecular weight is 191 g/mol. The SMILES string of the molecule is COCO[C@@H](CON)[C@@H](C)C(C)=O. The van der Waals surface area contributed by atoms with E-state index >= 15 is 0 Å². The van der Waals surface area contributed by atoms with E-state index in [0.29, 0.717) is 0 Å². The number of rotatable bonds is 7. The molecule has 0 amide bonds. The molecule has 13 heavy (non-hydrogen) atoms. The number of hydrogen-bond acceptors (Lipinski definition) is 5. The maximum atomic E-state index is 11.0. The third-order valence-electron chi connectivity index (χ3n) is 1.86. The number of carbonyl (C=O) groups excluding carboxylic acids is 1. The van der Waals surface area contributed by atoms with Crippen LogP contribution in [0.4, 0.5) is 0 Å². The molecule has 0 unspecified atom stereocenters. The van der Waals surface area contributed by atoms with Crippen molar-refractivity contribution in [2.75, 3.05) is 20.5 Å². The van der Waals surface area contributed by atoms with Crippen molar-refractivity contribution in [3.8, 4) is 0 Å². The van der Waals surface area contributed by atoms with Crippen LogP contribution in [0.25, 0.3) is 0 Å². The molecule has 0 radical (unpaired) electrons. The van der Waals surface area contributed by atoms with Crippen LogP contribution in [0.3, 0.4) is 0 Å². The minimum Gasteiger partial charge on any atom is -0.359 e. The molecule has 5 nitrogen and oxygen atoms in total. The molecule has 2 N–H and O–H groups in total. The molecule has 0 rings (SSSR count). The lowest BCUT2D eigenvalue weighted by molar-refractivity contribution is -0.139. The molecule has 0 aromatic heterocycles. The van der Waals surface area contributed by atoms with Crippen molar-refractivity contribution in [3.05, 3.63) is 0 Å². The Labute approximate surface area is 78.1 Å². The number of ether oxygens (including phenoxy) is 2. The minimum absolute atomic E-state index is 0.0400. The summed E-state index contributed by atoms with van der Waals surface area (Å²) in [5.74, 6) is 4.71. The first-order chi connectivity index (χ1) is 6.13. The molecule has 0 aromatic rings. The Morgan fingerprint density at radius 3 is 2.54 bits per heavy atom. The fourth-order valence-electron chi connectivity index (χ4n) is 0.849. The van der Waals surface area contributed by atoms with Gasteiger partial charge in [0, 0.05) is 13.0 Å². The van der Waals surface area contributed by atoms with Crippen LogP contribution in [0.15, 0.2) is 0 Å². The summed E-state index contributed by atoms with van der Waals surface area (Å²) in [6.45, 7) is 3.59. The highest BCUT2D eigenvalue weighted by Crippen LogP contribution is 2.08. The highest BCUT2D eigenvalue weighted by molar-refractivity contribution is 5.78. The predicted octanol–water partition coefficient (Wildman–Crippen LogP) is 0.0909. The molecule has 2 atom stereocenters. The lowest BCUT2D eigenvalue weighted by atomic mass is 10.0. The van der Waals surface area contributed by atoms with Gasteiger partial charge >= 0.3 is 0 Å². The predicted molar refractivity (Wildman–Crippen MR) is 46.7 cm³/mol. The Hall–Kier alpha value is -0.490. The summed E-state index contributed by atoms with van der Waals surface area (Å²) in [5.41, 5.74) is 0. The fourth-order valence-corrected chi connectivity index (χ4v) is 0.849. The third-order valence-corrected chi connectivity index (χ3v) is 1.86. The van der Waals surface area contributed by atoms with E-state index in [1.54, 1.807) is 6.92 Å². The van der Waals surface area contributed by atoms with Gasteiger partial charge in [-0.15, -0.1) is 0 Å². The van der Waals surface area contributed by atoms with Crippen molar-refractivity contribution in [2.24, 2.45) is 11.8 Å². The summed E-state index contributed by atoms with van der Waals surface area (Å²) in [5, 5.41) is 0. The topological polar surface area (TPSA) is 70.8 Å². The number of hydrogen-bond donors (Lipinski definition) is 1. The summed E-state index contributed by atoms with van der Waals surface area (Å²) < 4.78 is 9.93. The van der Waals surface area contributed by atoms with E-state index in [1.165, 1.54) is 14.0 Å². The minimum atomic E-state index is -0.345. The van der Waals surface area contributed by atoms with Gasteiger partial charge in [0.1, 0.15) is 12.6 Å². The van der Waals surface area contributed by atoms with Gasteiger partial charge in [0.25, 0.3) is 0 Å². The Bertz CT molecular complexity index is 151. The third kappa shape index (κ3) is 4.94. The van der Waals surface area contributed by atoms with E-state index in [0.717, 1.165) is 0 Å². The van der Waals surface area contributed by atoms with Crippen LogP contribution < -0.4 is 5.90 Å². The van der Waals surface area contributed by atoms with Crippen molar-refractivity contribution < 1.29 is 19.1 Å². The van der Waals surface area contributed by atoms with Gasteiger partial charge in [-0.2, -0.15) is 0 Å². The van der Waals surface area contributed by atoms with Gasteiger partial charge in [0.05, 0.1) is 12.7 Å². The molecule has 0 bridgehead atoms. The van der Waals surface area contributed by atoms with E-state index < -0.39 is 0 Å². The fraction of sp³-hybridized carbons (Fsp3) is 0.875. The largest absolute Gasteiger partial charge is 0.359 e. The Balaban J connectivity index is 3.98. The van der Waals surface area contributed by atoms with E-state index in [2.05, 4.69) is 4.84 Å². The summed E-state index contributed by atoms with van der Waals surface area (Å²) in [4.78, 5) is 15.4. The summed E-state index contributed by atoms with van der Waals surface area (Å²) in [6, 6.07) is 0. The second-order valence-corrected chi connectivity index (χ2v) is 2.84. The lowest BCUT2D eigenvalue weighted by Gasteiger charge is -2.20. The Kier molecular flexibility index (Phi) is 6.70. The first kappa shape index (κ1) is 12.5. The molecule has 0 aromatic carbocycles. The van der Waals surface area contributed by atoms with E-state index in [1.807, 2.05) is 0 Å². The quantitative estimate of drug-likeness (QED) is 0.456. The van der Waals surface area contributed by atoms with E-state index in [4.69, 9.17) is 15.4 Å². The molecule has 0 spiro atoms. The molecule has 0 aliphatic heterocycles. The highest BCUT2D eigenvalue weighted by Gasteiger charge is 2.21. The molecule has 0 aliphatic rings. The van der Waals surface area contributed by atoms with Crippen LogP contribution in [0.2, 0.25) is 0 Å². The van der Waals surface area contributed by atoms with Gasteiger partial charge < -0.3 is 14.3 Å². The number of ketones is 1. The van der Waals surface area contributed by atoms with Crippen LogP contribution in [0.5, 0.6) is 0 Å². The van der Waals surface area contributed by atoms with Gasteiger partial charge in [-0.05, 0) is 6.92 Å². The van der Waals surface area contributed by atoms with Gasteiger partial charge in [0.15, 0.2) is 0 Å². The van der Waals surface area contributed by atoms with Gasteiger partial charge in [-0.3, -0.25) is 4.79 Å². The van der Waals surface area contributed by atoms with E-state index in [-0.39, 0.29) is 31.2 Å². The molecule has 78 valence electrons. The zero-order valence-corrected chi connectivity index (χ0v) is 8.28. The summed E-state index contributed by atoms with van der Waals surface area (Å²) in [7, 11) is 1.51. The molecule has 0 saturated carbocycles. The maximum absolute atomic E-state index is 11.0. The van der Waals surface area contributed by atoms with E-state index in [9.17, 15) is 4.79 Å². The molecule has 5 heteroatoms. The molecule has 0 saturated heterocycles. The maximum Gasteiger partial charge on any atom is 0.146 e. The molecule has 0 heterocycles. The molecular formula is C8H17NO4. The Morgan fingerprint density at radius 1 is 1.54 bits per heavy atom. The monoisotopic (exact) mass is 191 g/mol. The van der Waals surface area contributed by atoms with Crippen LogP contribution >= 0.6 is 0 Å². The molecule has 0 fully saturated rings. The van der Waals surface area contributed by atoms with Gasteiger partial charge in [-0.1, -0.05) is 6.92 Å². The lowest BCUT2D eigenvalue weighted by Crippen LogP contribution is -2.33. The van der Waals surface area contributed by atoms with Crippen LogP contribution in [-0.4, -0.2) is 32.4 Å². The number of nitrogens with two attached hydrogens (primary N) is 1. The average Bonchev–Trinajstić information content (AvgIpc) is 2.11. The van der Waals surface area contributed by atoms with Crippen molar-refractivity contribution in [1.82, 2.24) is 0 Å². The zero-order valence-electron chi connectivity index (χ0n) is 8.28. The van der Waals surface area contributed by atoms with Crippen molar-refractivity contribution in [2.45, 2.75) is 20.0 Å². The summed E-state index contributed by atoms with van der Waals surface area (Å²) in [6.07, 6.45) is -0.345. The van der Waals surface area contributed by atoms with Gasteiger partial charge in [0.2, 0.25) is 0 Å². The second kappa shape index (κ2) is 6.97. The highest BCUT2D eigenvalue weighted by atomic mass is 16.7. The first-order valence-corrected chi connectivity index (χ1v) is 4.06. The van der Waals surface area contributed by atoms with Crippen LogP contribution in [-0.2, 0) is 19.1 Å². The van der Waals surface area contributed by atoms with Crippen LogP contribution in [0.1, 0.15) is 13.8 Å². The second-order valence-electron chi connectivity index (χ2n) is 2.84. The first-order valence-electron chi connectivity index (χ1n) is 4.06. The standard InChI is InChI=1S/C8H17NO4/c1-6(7(2)10)8(4-13-9)12-5-11-3/h6,8H,4-5,9H2,1-3H3/t6-,8-/m0/s1. The molecular weight excluding hydrogens is 174 g/mol. The normalized spacial score (nSPS) is 15.4. The smallest absolute Gasteiger partial charge is 0.146 e. The van der Waals surface area contributed by atoms with Gasteiger partial charge in [-0.25, -0.2) is 5.90 Å². The van der Waals surface area contributed by atoms with Crippen molar-refractivity contribution >= 4 is 5.78 Å². The van der Waals surface area contributed by atoms with Crippen LogP contribution in [0, 0.1) is 5.92 Å². The molecule has 0 aliphatic carbocycles. The number of carbonyl (C=O) groups is 1. The zero-order chi connectivity index (χ0) is 10.3. The van der Waals surface area contributed by atoms with Crippen molar-refractivity contribution in [1.29, 1.82) is 0 Å².